The first-order chi connectivity index (χ1) is 7.83. The third kappa shape index (κ3) is 5.84. The van der Waals surface area contributed by atoms with Crippen LogP contribution in [0, 0.1) is 5.41 Å². The molecule has 1 aliphatic rings. The Morgan fingerprint density at radius 2 is 2.06 bits per heavy atom. The standard InChI is InChI=1S/C14H29NO2/c1-12(2)15-10-14(6-8-16-11-14)7-9-17-13(3,4)5/h12,15H,6-11H2,1-5H3. The van der Waals surface area contributed by atoms with Gasteiger partial charge in [-0.05, 0) is 33.6 Å². The predicted octanol–water partition coefficient (Wildman–Crippen LogP) is 2.60. The first-order valence-electron chi connectivity index (χ1n) is 6.78. The van der Waals surface area contributed by atoms with Gasteiger partial charge in [0.05, 0.1) is 12.2 Å². The van der Waals surface area contributed by atoms with E-state index in [0.717, 1.165) is 39.2 Å². The van der Waals surface area contributed by atoms with Crippen LogP contribution < -0.4 is 5.32 Å². The Morgan fingerprint density at radius 1 is 1.35 bits per heavy atom. The molecular weight excluding hydrogens is 214 g/mol. The second kappa shape index (κ2) is 6.17. The maximum Gasteiger partial charge on any atom is 0.0598 e. The summed E-state index contributed by atoms with van der Waals surface area (Å²) in [6.45, 7) is 14.3. The molecule has 1 fully saturated rings. The third-order valence-electron chi connectivity index (χ3n) is 3.24. The lowest BCUT2D eigenvalue weighted by Crippen LogP contribution is -2.39. The van der Waals surface area contributed by atoms with Crippen LogP contribution in [0.25, 0.3) is 0 Å². The number of ether oxygens (including phenoxy) is 2. The monoisotopic (exact) mass is 243 g/mol. The fourth-order valence-electron chi connectivity index (χ4n) is 2.07. The smallest absolute Gasteiger partial charge is 0.0598 e. The van der Waals surface area contributed by atoms with Crippen molar-refractivity contribution in [3.8, 4) is 0 Å². The molecule has 0 radical (unpaired) electrons. The van der Waals surface area contributed by atoms with E-state index in [1.54, 1.807) is 0 Å². The Balaban J connectivity index is 2.37. The van der Waals surface area contributed by atoms with Crippen LogP contribution in [0.1, 0.15) is 47.5 Å². The van der Waals surface area contributed by atoms with Crippen LogP contribution >= 0.6 is 0 Å². The maximum absolute atomic E-state index is 5.84. The molecule has 0 aliphatic carbocycles. The van der Waals surface area contributed by atoms with Crippen molar-refractivity contribution in [2.24, 2.45) is 5.41 Å². The largest absolute Gasteiger partial charge is 0.381 e. The summed E-state index contributed by atoms with van der Waals surface area (Å²) in [7, 11) is 0. The number of nitrogens with one attached hydrogen (secondary N) is 1. The zero-order valence-electron chi connectivity index (χ0n) is 12.1. The number of hydrogen-bond donors (Lipinski definition) is 1. The quantitative estimate of drug-likeness (QED) is 0.778. The summed E-state index contributed by atoms with van der Waals surface area (Å²) in [6, 6.07) is 0.538. The molecule has 102 valence electrons. The van der Waals surface area contributed by atoms with Gasteiger partial charge in [-0.1, -0.05) is 13.8 Å². The SMILES string of the molecule is CC(C)NCC1(CCOC(C)(C)C)CCOC1. The van der Waals surface area contributed by atoms with Gasteiger partial charge in [-0.3, -0.25) is 0 Å². The highest BCUT2D eigenvalue weighted by atomic mass is 16.5. The zero-order chi connectivity index (χ0) is 12.9. The molecule has 0 saturated carbocycles. The van der Waals surface area contributed by atoms with E-state index in [0.29, 0.717) is 6.04 Å². The highest BCUT2D eigenvalue weighted by Gasteiger charge is 2.34. The van der Waals surface area contributed by atoms with Crippen molar-refractivity contribution in [2.45, 2.75) is 59.1 Å². The fraction of sp³-hybridized carbons (Fsp3) is 1.00. The van der Waals surface area contributed by atoms with Gasteiger partial charge in [0.25, 0.3) is 0 Å². The van der Waals surface area contributed by atoms with Crippen molar-refractivity contribution in [2.75, 3.05) is 26.4 Å². The van der Waals surface area contributed by atoms with Crippen molar-refractivity contribution in [1.29, 1.82) is 0 Å². The van der Waals surface area contributed by atoms with E-state index >= 15 is 0 Å². The molecule has 1 unspecified atom stereocenters. The lowest BCUT2D eigenvalue weighted by molar-refractivity contribution is -0.0202. The van der Waals surface area contributed by atoms with Gasteiger partial charge in [-0.15, -0.1) is 0 Å². The normalized spacial score (nSPS) is 25.8. The van der Waals surface area contributed by atoms with E-state index in [1.807, 2.05) is 0 Å². The van der Waals surface area contributed by atoms with Gasteiger partial charge in [-0.25, -0.2) is 0 Å². The Morgan fingerprint density at radius 3 is 2.53 bits per heavy atom. The lowest BCUT2D eigenvalue weighted by atomic mass is 9.83. The summed E-state index contributed by atoms with van der Waals surface area (Å²) in [6.07, 6.45) is 2.24. The second-order valence-electron chi connectivity index (χ2n) is 6.55. The fourth-order valence-corrected chi connectivity index (χ4v) is 2.07. The minimum Gasteiger partial charge on any atom is -0.381 e. The third-order valence-corrected chi connectivity index (χ3v) is 3.24. The van der Waals surface area contributed by atoms with Crippen LogP contribution in [0.2, 0.25) is 0 Å². The molecule has 1 aliphatic heterocycles. The van der Waals surface area contributed by atoms with Crippen LogP contribution in [-0.2, 0) is 9.47 Å². The average Bonchev–Trinajstić information content (AvgIpc) is 2.62. The average molecular weight is 243 g/mol. The summed E-state index contributed by atoms with van der Waals surface area (Å²) >= 11 is 0. The highest BCUT2D eigenvalue weighted by Crippen LogP contribution is 2.32. The van der Waals surface area contributed by atoms with Crippen molar-refractivity contribution in [1.82, 2.24) is 5.32 Å². The minimum atomic E-state index is -0.0356. The highest BCUT2D eigenvalue weighted by molar-refractivity contribution is 4.86. The molecule has 1 N–H and O–H groups in total. The molecular formula is C14H29NO2. The van der Waals surface area contributed by atoms with E-state index in [9.17, 15) is 0 Å². The van der Waals surface area contributed by atoms with Gasteiger partial charge in [0.15, 0.2) is 0 Å². The maximum atomic E-state index is 5.84. The van der Waals surface area contributed by atoms with Gasteiger partial charge in [-0.2, -0.15) is 0 Å². The van der Waals surface area contributed by atoms with Crippen molar-refractivity contribution in [3.05, 3.63) is 0 Å². The van der Waals surface area contributed by atoms with E-state index in [1.165, 1.54) is 0 Å². The Bertz CT molecular complexity index is 215. The molecule has 3 heteroatoms. The van der Waals surface area contributed by atoms with Crippen LogP contribution in [-0.4, -0.2) is 38.0 Å². The van der Waals surface area contributed by atoms with E-state index in [4.69, 9.17) is 9.47 Å². The van der Waals surface area contributed by atoms with E-state index in [2.05, 4.69) is 39.9 Å². The second-order valence-corrected chi connectivity index (χ2v) is 6.55. The van der Waals surface area contributed by atoms with Crippen LogP contribution in [0.4, 0.5) is 0 Å². The van der Waals surface area contributed by atoms with Gasteiger partial charge >= 0.3 is 0 Å². The van der Waals surface area contributed by atoms with E-state index < -0.39 is 0 Å². The van der Waals surface area contributed by atoms with Gasteiger partial charge in [0.2, 0.25) is 0 Å². The molecule has 1 atom stereocenters. The van der Waals surface area contributed by atoms with E-state index in [-0.39, 0.29) is 11.0 Å². The lowest BCUT2D eigenvalue weighted by Gasteiger charge is -2.30. The van der Waals surface area contributed by atoms with Crippen molar-refractivity contribution < 1.29 is 9.47 Å². The Kier molecular flexibility index (Phi) is 5.42. The molecule has 1 saturated heterocycles. The molecule has 0 spiro atoms. The molecule has 1 heterocycles. The topological polar surface area (TPSA) is 30.5 Å². The molecule has 3 nitrogen and oxygen atoms in total. The molecule has 0 aromatic heterocycles. The molecule has 17 heavy (non-hydrogen) atoms. The minimum absolute atomic E-state index is 0.0356. The molecule has 0 aromatic rings. The number of hydrogen-bond acceptors (Lipinski definition) is 3. The number of rotatable bonds is 6. The Labute approximate surface area is 106 Å². The van der Waals surface area contributed by atoms with Gasteiger partial charge in [0.1, 0.15) is 0 Å². The van der Waals surface area contributed by atoms with Crippen LogP contribution in [0.5, 0.6) is 0 Å². The molecule has 0 bridgehead atoms. The summed E-state index contributed by atoms with van der Waals surface area (Å²) in [5, 5.41) is 3.54. The summed E-state index contributed by atoms with van der Waals surface area (Å²) in [4.78, 5) is 0. The predicted molar refractivity (Wildman–Crippen MR) is 71.3 cm³/mol. The van der Waals surface area contributed by atoms with Gasteiger partial charge in [0, 0.05) is 31.2 Å². The van der Waals surface area contributed by atoms with Gasteiger partial charge < -0.3 is 14.8 Å². The first kappa shape index (κ1) is 14.9. The molecule has 0 aromatic carbocycles. The summed E-state index contributed by atoms with van der Waals surface area (Å²) in [5.41, 5.74) is 0.252. The van der Waals surface area contributed by atoms with Crippen LogP contribution in [0.15, 0.2) is 0 Å². The summed E-state index contributed by atoms with van der Waals surface area (Å²) in [5.74, 6) is 0. The summed E-state index contributed by atoms with van der Waals surface area (Å²) < 4.78 is 11.4. The van der Waals surface area contributed by atoms with Crippen molar-refractivity contribution in [3.63, 3.8) is 0 Å². The molecule has 0 amide bonds. The zero-order valence-corrected chi connectivity index (χ0v) is 12.1. The van der Waals surface area contributed by atoms with Crippen molar-refractivity contribution >= 4 is 0 Å². The van der Waals surface area contributed by atoms with Crippen LogP contribution in [0.3, 0.4) is 0 Å². The Hall–Kier alpha value is -0.120. The first-order valence-corrected chi connectivity index (χ1v) is 6.78. The molecule has 1 rings (SSSR count).